The highest BCUT2D eigenvalue weighted by atomic mass is 35.5. The van der Waals surface area contributed by atoms with Gasteiger partial charge in [0.05, 0.1) is 16.9 Å². The van der Waals surface area contributed by atoms with Gasteiger partial charge in [-0.05, 0) is 31.2 Å². The molecule has 0 aromatic heterocycles. The summed E-state index contributed by atoms with van der Waals surface area (Å²) in [6, 6.07) is 8.30. The first-order valence-corrected chi connectivity index (χ1v) is 10.1. The quantitative estimate of drug-likeness (QED) is 0.553. The summed E-state index contributed by atoms with van der Waals surface area (Å²) in [5.41, 5.74) is 0.0809. The van der Waals surface area contributed by atoms with Gasteiger partial charge in [0.25, 0.3) is 5.69 Å². The molecule has 0 spiro atoms. The van der Waals surface area contributed by atoms with E-state index in [1.54, 1.807) is 0 Å². The summed E-state index contributed by atoms with van der Waals surface area (Å²) in [6.45, 7) is 1.38. The molecule has 2 aromatic carbocycles. The minimum atomic E-state index is -3.86. The molecule has 1 N–H and O–H groups in total. The fraction of sp³-hybridized carbons (Fsp3) is 0.188. The maximum absolute atomic E-state index is 12.6. The van der Waals surface area contributed by atoms with Crippen molar-refractivity contribution in [3.05, 3.63) is 62.6 Å². The Balaban J connectivity index is 2.35. The van der Waals surface area contributed by atoms with Crippen molar-refractivity contribution in [3.63, 3.8) is 0 Å². The Kier molecular flexibility index (Phi) is 6.30. The molecule has 0 unspecified atom stereocenters. The van der Waals surface area contributed by atoms with Gasteiger partial charge in [0.1, 0.15) is 6.04 Å². The van der Waals surface area contributed by atoms with Gasteiger partial charge < -0.3 is 5.32 Å². The Morgan fingerprint density at radius 3 is 2.30 bits per heavy atom. The maximum atomic E-state index is 12.6. The summed E-state index contributed by atoms with van der Waals surface area (Å²) in [6.07, 6.45) is 0.943. The molecule has 11 heteroatoms. The third-order valence-corrected chi connectivity index (χ3v) is 5.19. The zero-order valence-electron chi connectivity index (χ0n) is 14.2. The third-order valence-electron chi connectivity index (χ3n) is 3.51. The van der Waals surface area contributed by atoms with E-state index in [4.69, 9.17) is 23.2 Å². The molecule has 144 valence electrons. The average molecular weight is 432 g/mol. The number of halogens is 2. The standard InChI is InChI=1S/C16H15Cl2N3O5S/c1-10(16(22)19-13-4-3-5-14(9-13)21(23)24)20(27(2,25)26)15-7-11(17)6-12(18)8-15/h3-10H,1-2H3,(H,19,22)/t10-/m1/s1. The highest BCUT2D eigenvalue weighted by Gasteiger charge is 2.30. The van der Waals surface area contributed by atoms with Crippen molar-refractivity contribution in [1.29, 1.82) is 0 Å². The molecule has 0 aliphatic rings. The van der Waals surface area contributed by atoms with Gasteiger partial charge in [-0.3, -0.25) is 19.2 Å². The van der Waals surface area contributed by atoms with Gasteiger partial charge in [0, 0.05) is 27.9 Å². The number of carbonyl (C=O) groups is 1. The molecular formula is C16H15Cl2N3O5S. The number of sulfonamides is 1. The molecule has 1 atom stereocenters. The second kappa shape index (κ2) is 8.12. The van der Waals surface area contributed by atoms with Crippen LogP contribution < -0.4 is 9.62 Å². The SMILES string of the molecule is C[C@H](C(=O)Nc1cccc([N+](=O)[O-])c1)N(c1cc(Cl)cc(Cl)c1)S(C)(=O)=O. The van der Waals surface area contributed by atoms with Crippen LogP contribution in [-0.2, 0) is 14.8 Å². The minimum absolute atomic E-state index is 0.122. The first-order chi connectivity index (χ1) is 12.5. The van der Waals surface area contributed by atoms with Crippen molar-refractivity contribution in [2.75, 3.05) is 15.9 Å². The summed E-state index contributed by atoms with van der Waals surface area (Å²) in [4.78, 5) is 22.8. The Morgan fingerprint density at radius 2 is 1.78 bits per heavy atom. The largest absolute Gasteiger partial charge is 0.324 e. The predicted octanol–water partition coefficient (Wildman–Crippen LogP) is 3.69. The molecule has 0 heterocycles. The molecule has 0 fully saturated rings. The summed E-state index contributed by atoms with van der Waals surface area (Å²) >= 11 is 11.9. The van der Waals surface area contributed by atoms with Gasteiger partial charge in [0.15, 0.2) is 0 Å². The molecule has 8 nitrogen and oxygen atoms in total. The van der Waals surface area contributed by atoms with Crippen molar-refractivity contribution in [2.24, 2.45) is 0 Å². The molecule has 0 aliphatic heterocycles. The van der Waals surface area contributed by atoms with E-state index < -0.39 is 26.9 Å². The van der Waals surface area contributed by atoms with Crippen LogP contribution in [0.3, 0.4) is 0 Å². The first-order valence-electron chi connectivity index (χ1n) is 7.50. The summed E-state index contributed by atoms with van der Waals surface area (Å²) in [5.74, 6) is -0.683. The lowest BCUT2D eigenvalue weighted by molar-refractivity contribution is -0.384. The number of non-ortho nitro benzene ring substituents is 1. The fourth-order valence-corrected chi connectivity index (χ4v) is 4.09. The number of nitrogens with zero attached hydrogens (tertiary/aromatic N) is 2. The Labute approximate surface area is 165 Å². The normalized spacial score (nSPS) is 12.3. The number of rotatable bonds is 6. The van der Waals surface area contributed by atoms with Crippen LogP contribution in [0.25, 0.3) is 0 Å². The average Bonchev–Trinajstić information content (AvgIpc) is 2.52. The number of hydrogen-bond donors (Lipinski definition) is 1. The van der Waals surface area contributed by atoms with Crippen LogP contribution in [0.4, 0.5) is 17.1 Å². The van der Waals surface area contributed by atoms with Crippen LogP contribution in [0.15, 0.2) is 42.5 Å². The molecule has 0 aliphatic carbocycles. The van der Waals surface area contributed by atoms with E-state index in [-0.39, 0.29) is 27.1 Å². The van der Waals surface area contributed by atoms with Gasteiger partial charge in [-0.1, -0.05) is 29.3 Å². The lowest BCUT2D eigenvalue weighted by atomic mass is 10.2. The first kappa shape index (κ1) is 20.9. The molecule has 2 aromatic rings. The van der Waals surface area contributed by atoms with Crippen molar-refractivity contribution in [2.45, 2.75) is 13.0 Å². The number of benzene rings is 2. The van der Waals surface area contributed by atoms with Crippen LogP contribution in [0, 0.1) is 10.1 Å². The summed E-state index contributed by atoms with van der Waals surface area (Å²) < 4.78 is 25.4. The van der Waals surface area contributed by atoms with Crippen LogP contribution >= 0.6 is 23.2 Å². The number of hydrogen-bond acceptors (Lipinski definition) is 5. The maximum Gasteiger partial charge on any atom is 0.271 e. The number of anilines is 2. The molecule has 0 saturated carbocycles. The smallest absolute Gasteiger partial charge is 0.271 e. The third kappa shape index (κ3) is 5.31. The zero-order valence-corrected chi connectivity index (χ0v) is 16.5. The fourth-order valence-electron chi connectivity index (χ4n) is 2.42. The molecule has 0 saturated heterocycles. The Hall–Kier alpha value is -2.36. The Morgan fingerprint density at radius 1 is 1.19 bits per heavy atom. The van der Waals surface area contributed by atoms with Gasteiger partial charge in [-0.2, -0.15) is 0 Å². The van der Waals surface area contributed by atoms with Gasteiger partial charge in [-0.25, -0.2) is 8.42 Å². The number of carbonyl (C=O) groups excluding carboxylic acids is 1. The number of amides is 1. The number of nitro benzene ring substituents is 1. The van der Waals surface area contributed by atoms with Crippen LogP contribution in [-0.4, -0.2) is 31.5 Å². The van der Waals surface area contributed by atoms with Crippen LogP contribution in [0.2, 0.25) is 10.0 Å². The molecular weight excluding hydrogens is 417 g/mol. The van der Waals surface area contributed by atoms with Crippen molar-refractivity contribution >= 4 is 56.2 Å². The van der Waals surface area contributed by atoms with E-state index in [9.17, 15) is 23.3 Å². The van der Waals surface area contributed by atoms with Crippen molar-refractivity contribution in [1.82, 2.24) is 0 Å². The molecule has 0 bridgehead atoms. The van der Waals surface area contributed by atoms with E-state index in [1.165, 1.54) is 49.4 Å². The van der Waals surface area contributed by atoms with Gasteiger partial charge in [0.2, 0.25) is 15.9 Å². The van der Waals surface area contributed by atoms with E-state index in [1.807, 2.05) is 0 Å². The second-order valence-corrected chi connectivity index (χ2v) is 8.39. The highest BCUT2D eigenvalue weighted by Crippen LogP contribution is 2.29. The minimum Gasteiger partial charge on any atom is -0.324 e. The monoisotopic (exact) mass is 431 g/mol. The van der Waals surface area contributed by atoms with Crippen LogP contribution in [0.5, 0.6) is 0 Å². The summed E-state index contributed by atoms with van der Waals surface area (Å²) in [5, 5.41) is 13.7. The molecule has 1 amide bonds. The van der Waals surface area contributed by atoms with Crippen molar-refractivity contribution < 1.29 is 18.1 Å². The van der Waals surface area contributed by atoms with Gasteiger partial charge in [-0.15, -0.1) is 0 Å². The predicted molar refractivity (Wildman–Crippen MR) is 105 cm³/mol. The van der Waals surface area contributed by atoms with Gasteiger partial charge >= 0.3 is 0 Å². The van der Waals surface area contributed by atoms with E-state index in [0.29, 0.717) is 0 Å². The molecule has 0 radical (unpaired) electrons. The summed E-state index contributed by atoms with van der Waals surface area (Å²) in [7, 11) is -3.86. The number of nitro groups is 1. The Bertz CT molecular complexity index is 977. The van der Waals surface area contributed by atoms with E-state index in [0.717, 1.165) is 10.6 Å². The zero-order chi connectivity index (χ0) is 20.4. The topological polar surface area (TPSA) is 110 Å². The molecule has 27 heavy (non-hydrogen) atoms. The van der Waals surface area contributed by atoms with Crippen LogP contribution in [0.1, 0.15) is 6.92 Å². The number of nitrogens with one attached hydrogen (secondary N) is 1. The lowest BCUT2D eigenvalue weighted by Gasteiger charge is -2.28. The highest BCUT2D eigenvalue weighted by molar-refractivity contribution is 7.92. The van der Waals surface area contributed by atoms with Crippen molar-refractivity contribution in [3.8, 4) is 0 Å². The molecule has 2 rings (SSSR count). The van der Waals surface area contributed by atoms with E-state index >= 15 is 0 Å². The second-order valence-electron chi connectivity index (χ2n) is 5.66. The lowest BCUT2D eigenvalue weighted by Crippen LogP contribution is -2.45. The van der Waals surface area contributed by atoms with E-state index in [2.05, 4.69) is 5.32 Å².